The van der Waals surface area contributed by atoms with Crippen LogP contribution in [0, 0.1) is 5.75 Å². The van der Waals surface area contributed by atoms with E-state index in [4.69, 9.17) is 0 Å². The van der Waals surface area contributed by atoms with Gasteiger partial charge in [0.05, 0.1) is 18.5 Å². The molecule has 0 saturated carbocycles. The summed E-state index contributed by atoms with van der Waals surface area (Å²) < 4.78 is 18.8. The molecule has 2 atom stereocenters. The number of aliphatic carboxylic acids is 2. The van der Waals surface area contributed by atoms with Gasteiger partial charge in [-0.2, -0.15) is 0 Å². The maximum atomic E-state index is 12.2. The van der Waals surface area contributed by atoms with Gasteiger partial charge >= 0.3 is 130 Å². The zero-order valence-corrected chi connectivity index (χ0v) is 19.9. The van der Waals surface area contributed by atoms with E-state index >= 15 is 0 Å². The van der Waals surface area contributed by atoms with Gasteiger partial charge in [0, 0.05) is 12.8 Å². The van der Waals surface area contributed by atoms with Crippen LogP contribution in [0.4, 0.5) is 5.69 Å². The van der Waals surface area contributed by atoms with Crippen molar-refractivity contribution in [3.8, 4) is 0 Å². The van der Waals surface area contributed by atoms with Crippen molar-refractivity contribution < 1.29 is 48.1 Å². The summed E-state index contributed by atoms with van der Waals surface area (Å²) in [5.41, 5.74) is 3.73. The number of nitrogens with one attached hydrogen (secondary N) is 3. The standard InChI is InChI=1S/C18H24AsN4O9S/c20-12(18(29)30)5-6-14(24)23-13(17(28)21-7-16(26)27)8-33-9-15(25)22-11-3-1-10(2-4-11)19(31)32/h1-4,8,12-13,31-32H,5-7,9,20H2,(H,21,28)(H,22,25)(H,23,24)(H,26,27)(H,29,30)/p-1/t12-,13-/m0/s1. The summed E-state index contributed by atoms with van der Waals surface area (Å²) in [7, 11) is 0. The molecule has 181 valence electrons. The van der Waals surface area contributed by atoms with E-state index in [-0.39, 0.29) is 18.6 Å². The third kappa shape index (κ3) is 11.7. The first-order valence-corrected chi connectivity index (χ1v) is 13.0. The Morgan fingerprint density at radius 3 is 2.27 bits per heavy atom. The second kappa shape index (κ2) is 14.5. The minimum absolute atomic E-state index is 0.133. The second-order valence-electron chi connectivity index (χ2n) is 6.52. The van der Waals surface area contributed by atoms with E-state index in [0.29, 0.717) is 10.0 Å². The van der Waals surface area contributed by atoms with Crippen LogP contribution < -0.4 is 36.2 Å². The molecule has 33 heavy (non-hydrogen) atoms. The van der Waals surface area contributed by atoms with E-state index in [1.807, 2.05) is 5.32 Å². The van der Waals surface area contributed by atoms with Crippen molar-refractivity contribution in [1.29, 1.82) is 0 Å². The molecule has 0 aliphatic heterocycles. The molecule has 15 heteroatoms. The van der Waals surface area contributed by atoms with Crippen LogP contribution in [-0.2, 0) is 24.0 Å². The van der Waals surface area contributed by atoms with Crippen LogP contribution in [0.25, 0.3) is 0 Å². The molecule has 0 heterocycles. The predicted molar refractivity (Wildman–Crippen MR) is 113 cm³/mol. The fraction of sp³-hybridized carbons (Fsp3) is 0.333. The van der Waals surface area contributed by atoms with E-state index < -0.39 is 63.6 Å². The summed E-state index contributed by atoms with van der Waals surface area (Å²) in [6.07, 6.45) is -0.404. The molecule has 0 bridgehead atoms. The Balaban J connectivity index is 2.60. The Labute approximate surface area is 198 Å². The van der Waals surface area contributed by atoms with Crippen molar-refractivity contribution in [3.05, 3.63) is 30.0 Å². The Kier molecular flexibility index (Phi) is 12.5. The third-order valence-electron chi connectivity index (χ3n) is 3.89. The van der Waals surface area contributed by atoms with Gasteiger partial charge in [-0.1, -0.05) is 0 Å². The molecule has 13 nitrogen and oxygen atoms in total. The molecule has 0 aliphatic rings. The normalized spacial score (nSPS) is 12.5. The molecular weight excluding hydrogens is 523 g/mol. The molecule has 0 unspecified atom stereocenters. The number of carbonyl (C=O) groups is 5. The summed E-state index contributed by atoms with van der Waals surface area (Å²) in [5.74, 6) is -3.92. The van der Waals surface area contributed by atoms with Gasteiger partial charge < -0.3 is 25.5 Å². The smallest absolute Gasteiger partial charge is 0.548 e. The van der Waals surface area contributed by atoms with Crippen molar-refractivity contribution in [1.82, 2.24) is 10.6 Å². The van der Waals surface area contributed by atoms with Crippen molar-refractivity contribution in [2.75, 3.05) is 17.6 Å². The first kappa shape index (κ1) is 28.4. The first-order chi connectivity index (χ1) is 15.5. The first-order valence-electron chi connectivity index (χ1n) is 9.33. The number of hydrogen-bond acceptors (Lipinski definition) is 10. The SMILES string of the molecule is [NH3+][C@@H](CCC(=O)N[C@@H]([CH]SCC(=O)Nc1ccc([As](O)O)cc1)C(=O)NCC(=O)[O-])C(=O)[O-]. The molecule has 0 aliphatic carbocycles. The predicted octanol–water partition coefficient (Wildman–Crippen LogP) is -6.31. The fourth-order valence-electron chi connectivity index (χ4n) is 2.19. The molecule has 0 saturated heterocycles. The minimum Gasteiger partial charge on any atom is -0.548 e. The average Bonchev–Trinajstić information content (AvgIpc) is 2.75. The van der Waals surface area contributed by atoms with Crippen LogP contribution >= 0.6 is 11.8 Å². The number of anilines is 1. The quantitative estimate of drug-likeness (QED) is 0.121. The van der Waals surface area contributed by atoms with Crippen molar-refractivity contribution in [2.24, 2.45) is 0 Å². The summed E-state index contributed by atoms with van der Waals surface area (Å²) in [4.78, 5) is 57.5. The molecule has 1 aromatic rings. The summed E-state index contributed by atoms with van der Waals surface area (Å²) in [6, 6.07) is 3.50. The van der Waals surface area contributed by atoms with E-state index in [1.165, 1.54) is 30.0 Å². The van der Waals surface area contributed by atoms with Gasteiger partial charge in [-0.15, -0.1) is 0 Å². The molecular formula is C18H23AsN4O9S-. The Hall–Kier alpha value is -2.64. The van der Waals surface area contributed by atoms with Gasteiger partial charge in [0.15, 0.2) is 0 Å². The Bertz CT molecular complexity index is 854. The van der Waals surface area contributed by atoms with Gasteiger partial charge in [-0.05, 0) is 0 Å². The number of carboxylic acid groups (broad SMARTS) is 2. The van der Waals surface area contributed by atoms with Crippen LogP contribution in [0.5, 0.6) is 0 Å². The molecule has 3 amide bonds. The molecule has 0 spiro atoms. The number of amides is 3. The van der Waals surface area contributed by atoms with Gasteiger partial charge in [-0.25, -0.2) is 0 Å². The number of quaternary nitrogens is 1. The van der Waals surface area contributed by atoms with Crippen LogP contribution in [0.2, 0.25) is 0 Å². The van der Waals surface area contributed by atoms with Crippen LogP contribution in [0.1, 0.15) is 12.8 Å². The summed E-state index contributed by atoms with van der Waals surface area (Å²) >= 11 is -2.14. The van der Waals surface area contributed by atoms with Crippen molar-refractivity contribution >= 4 is 66.8 Å². The van der Waals surface area contributed by atoms with E-state index in [9.17, 15) is 42.4 Å². The maximum absolute atomic E-state index is 12.2. The van der Waals surface area contributed by atoms with E-state index in [1.54, 1.807) is 0 Å². The van der Waals surface area contributed by atoms with Gasteiger partial charge in [0.25, 0.3) is 0 Å². The monoisotopic (exact) mass is 546 g/mol. The zero-order valence-electron chi connectivity index (χ0n) is 17.2. The number of hydrogen-bond donors (Lipinski definition) is 6. The molecule has 0 fully saturated rings. The number of carboxylic acids is 2. The van der Waals surface area contributed by atoms with Gasteiger partial charge in [-0.3, -0.25) is 4.79 Å². The van der Waals surface area contributed by atoms with Crippen LogP contribution in [0.3, 0.4) is 0 Å². The number of rotatable bonds is 14. The third-order valence-corrected chi connectivity index (χ3v) is 6.38. The molecule has 1 rings (SSSR count). The topological polar surface area (TPSA) is 236 Å². The molecule has 0 aromatic heterocycles. The second-order valence-corrected chi connectivity index (χ2v) is 9.71. The summed E-state index contributed by atoms with van der Waals surface area (Å²) in [6.45, 7) is -0.794. The van der Waals surface area contributed by atoms with E-state index in [2.05, 4.69) is 16.4 Å². The molecule has 1 aromatic carbocycles. The van der Waals surface area contributed by atoms with Crippen LogP contribution in [0.15, 0.2) is 24.3 Å². The minimum atomic E-state index is -3.00. The summed E-state index contributed by atoms with van der Waals surface area (Å²) in [5, 5.41) is 28.2. The average molecular weight is 546 g/mol. The Morgan fingerprint density at radius 1 is 1.09 bits per heavy atom. The number of thioether (sulfide) groups is 1. The zero-order chi connectivity index (χ0) is 25.0. The van der Waals surface area contributed by atoms with Crippen LogP contribution in [-0.4, -0.2) is 77.6 Å². The van der Waals surface area contributed by atoms with Crippen molar-refractivity contribution in [2.45, 2.75) is 24.9 Å². The Morgan fingerprint density at radius 2 is 1.73 bits per heavy atom. The van der Waals surface area contributed by atoms with Crippen molar-refractivity contribution in [3.63, 3.8) is 0 Å². The number of benzene rings is 1. The van der Waals surface area contributed by atoms with Gasteiger partial charge in [0.1, 0.15) is 6.04 Å². The molecule has 1 radical (unpaired) electrons. The fourth-order valence-corrected chi connectivity index (χ4v) is 3.77. The molecule has 8 N–H and O–H groups in total. The van der Waals surface area contributed by atoms with E-state index in [0.717, 1.165) is 11.8 Å². The number of carbonyl (C=O) groups excluding carboxylic acids is 5. The van der Waals surface area contributed by atoms with Gasteiger partial charge in [0.2, 0.25) is 0 Å².